The molecular formula is C11H22BrNO2S. The van der Waals surface area contributed by atoms with E-state index in [0.717, 1.165) is 25.9 Å². The van der Waals surface area contributed by atoms with Gasteiger partial charge in [0.2, 0.25) is 0 Å². The van der Waals surface area contributed by atoms with E-state index in [1.807, 2.05) is 6.92 Å². The number of rotatable bonds is 5. The summed E-state index contributed by atoms with van der Waals surface area (Å²) in [5.74, 6) is 1.34. The summed E-state index contributed by atoms with van der Waals surface area (Å²) in [5.41, 5.74) is 0. The summed E-state index contributed by atoms with van der Waals surface area (Å²) in [6.07, 6.45) is 1.88. The molecule has 96 valence electrons. The van der Waals surface area contributed by atoms with Gasteiger partial charge in [0.1, 0.15) is 0 Å². The van der Waals surface area contributed by atoms with Crippen LogP contribution in [0.4, 0.5) is 0 Å². The van der Waals surface area contributed by atoms with Crippen molar-refractivity contribution in [3.05, 3.63) is 0 Å². The molecular weight excluding hydrogens is 290 g/mol. The van der Waals surface area contributed by atoms with Crippen LogP contribution in [0.3, 0.4) is 0 Å². The van der Waals surface area contributed by atoms with Crippen molar-refractivity contribution in [3.63, 3.8) is 0 Å². The minimum atomic E-state index is -2.82. The molecule has 5 heteroatoms. The Kier molecular flexibility index (Phi) is 5.74. The molecule has 0 aromatic carbocycles. The Labute approximate surface area is 108 Å². The monoisotopic (exact) mass is 311 g/mol. The third kappa shape index (κ3) is 4.72. The predicted octanol–water partition coefficient (Wildman–Crippen LogP) is 1.92. The Morgan fingerprint density at radius 1 is 1.38 bits per heavy atom. The van der Waals surface area contributed by atoms with Gasteiger partial charge in [0, 0.05) is 23.7 Å². The molecule has 0 amide bonds. The Morgan fingerprint density at radius 3 is 2.62 bits per heavy atom. The fourth-order valence-corrected chi connectivity index (χ4v) is 4.01. The molecule has 1 saturated heterocycles. The maximum absolute atomic E-state index is 11.6. The molecule has 0 bridgehead atoms. The average Bonchev–Trinajstić information content (AvgIpc) is 2.20. The summed E-state index contributed by atoms with van der Waals surface area (Å²) in [7, 11) is -2.82. The smallest absolute Gasteiger partial charge is 0.151 e. The van der Waals surface area contributed by atoms with E-state index in [4.69, 9.17) is 0 Å². The second kappa shape index (κ2) is 6.36. The van der Waals surface area contributed by atoms with Gasteiger partial charge in [0.15, 0.2) is 9.84 Å². The minimum absolute atomic E-state index is 0.314. The van der Waals surface area contributed by atoms with Crippen molar-refractivity contribution in [2.45, 2.75) is 31.5 Å². The quantitative estimate of drug-likeness (QED) is 0.728. The normalized spacial score (nSPS) is 28.2. The number of nitrogens with zero attached hydrogens (tertiary/aromatic N) is 1. The predicted molar refractivity (Wildman–Crippen MR) is 71.9 cm³/mol. The number of halogens is 1. The van der Waals surface area contributed by atoms with Crippen LogP contribution >= 0.6 is 15.9 Å². The molecule has 0 N–H and O–H groups in total. The lowest BCUT2D eigenvalue weighted by Gasteiger charge is -2.34. The molecule has 16 heavy (non-hydrogen) atoms. The largest absolute Gasteiger partial charge is 0.301 e. The fraction of sp³-hybridized carbons (Fsp3) is 1.00. The first-order valence-corrected chi connectivity index (χ1v) is 8.75. The maximum Gasteiger partial charge on any atom is 0.151 e. The topological polar surface area (TPSA) is 37.4 Å². The van der Waals surface area contributed by atoms with Gasteiger partial charge in [-0.05, 0) is 25.3 Å². The van der Waals surface area contributed by atoms with Crippen LogP contribution in [0.25, 0.3) is 0 Å². The van der Waals surface area contributed by atoms with Gasteiger partial charge in [-0.3, -0.25) is 0 Å². The average molecular weight is 312 g/mol. The molecule has 0 saturated carbocycles. The third-order valence-electron chi connectivity index (χ3n) is 3.18. The Bertz CT molecular complexity index is 305. The maximum atomic E-state index is 11.6. The highest BCUT2D eigenvalue weighted by Gasteiger charge is 2.24. The van der Waals surface area contributed by atoms with Gasteiger partial charge >= 0.3 is 0 Å². The molecule has 1 aliphatic rings. The molecule has 1 rings (SSSR count). The number of alkyl halides is 1. The van der Waals surface area contributed by atoms with E-state index in [0.29, 0.717) is 28.8 Å². The molecule has 1 heterocycles. The van der Waals surface area contributed by atoms with Crippen LogP contribution < -0.4 is 0 Å². The lowest BCUT2D eigenvalue weighted by molar-refractivity contribution is 0.211. The molecule has 0 radical (unpaired) electrons. The second-order valence-electron chi connectivity index (χ2n) is 4.73. The van der Waals surface area contributed by atoms with E-state index in [-0.39, 0.29) is 0 Å². The van der Waals surface area contributed by atoms with Crippen LogP contribution in [0.15, 0.2) is 0 Å². The number of hydrogen-bond acceptors (Lipinski definition) is 3. The van der Waals surface area contributed by atoms with E-state index < -0.39 is 9.84 Å². The van der Waals surface area contributed by atoms with Gasteiger partial charge < -0.3 is 4.90 Å². The van der Waals surface area contributed by atoms with Crippen LogP contribution in [0, 0.1) is 5.92 Å². The van der Waals surface area contributed by atoms with Gasteiger partial charge in [0.05, 0.1) is 5.75 Å². The molecule has 0 spiro atoms. The minimum Gasteiger partial charge on any atom is -0.301 e. The van der Waals surface area contributed by atoms with Gasteiger partial charge in [-0.25, -0.2) is 8.42 Å². The van der Waals surface area contributed by atoms with E-state index in [9.17, 15) is 8.42 Å². The zero-order valence-corrected chi connectivity index (χ0v) is 12.6. The molecule has 1 aliphatic heterocycles. The number of likely N-dealkylation sites (tertiary alicyclic amines) is 1. The molecule has 2 atom stereocenters. The lowest BCUT2D eigenvalue weighted by Crippen LogP contribution is -2.42. The Morgan fingerprint density at radius 2 is 2.06 bits per heavy atom. The molecule has 0 aliphatic carbocycles. The third-order valence-corrected chi connectivity index (χ3v) is 6.21. The van der Waals surface area contributed by atoms with E-state index in [2.05, 4.69) is 27.8 Å². The van der Waals surface area contributed by atoms with Gasteiger partial charge in [-0.2, -0.15) is 0 Å². The van der Waals surface area contributed by atoms with Crippen LogP contribution in [-0.4, -0.2) is 49.3 Å². The van der Waals surface area contributed by atoms with Crippen molar-refractivity contribution < 1.29 is 8.42 Å². The Balaban J connectivity index is 2.34. The first-order valence-electron chi connectivity index (χ1n) is 6.01. The number of piperidine rings is 1. The Hall–Kier alpha value is 0.390. The summed E-state index contributed by atoms with van der Waals surface area (Å²) >= 11 is 3.65. The van der Waals surface area contributed by atoms with Gasteiger partial charge in [-0.1, -0.05) is 29.8 Å². The molecule has 1 fully saturated rings. The summed E-state index contributed by atoms with van der Waals surface area (Å²) in [6.45, 7) is 6.85. The van der Waals surface area contributed by atoms with Crippen LogP contribution in [-0.2, 0) is 9.84 Å². The number of hydrogen-bond donors (Lipinski definition) is 0. The zero-order chi connectivity index (χ0) is 12.2. The summed E-state index contributed by atoms with van der Waals surface area (Å²) < 4.78 is 23.2. The van der Waals surface area contributed by atoms with Crippen LogP contribution in [0.2, 0.25) is 0 Å². The summed E-state index contributed by atoms with van der Waals surface area (Å²) in [6, 6.07) is 0. The highest BCUT2D eigenvalue weighted by molar-refractivity contribution is 9.09. The highest BCUT2D eigenvalue weighted by atomic mass is 79.9. The van der Waals surface area contributed by atoms with Crippen molar-refractivity contribution >= 4 is 25.8 Å². The molecule has 0 aromatic heterocycles. The summed E-state index contributed by atoms with van der Waals surface area (Å²) in [5, 5.41) is 0. The van der Waals surface area contributed by atoms with Crippen molar-refractivity contribution in [3.8, 4) is 0 Å². The summed E-state index contributed by atoms with van der Waals surface area (Å²) in [4.78, 5) is 2.77. The SMILES string of the molecule is CCCS(=O)(=O)CCN1CCC(C)C(Br)C1. The van der Waals surface area contributed by atoms with Crippen molar-refractivity contribution in [2.24, 2.45) is 5.92 Å². The first kappa shape index (κ1) is 14.5. The van der Waals surface area contributed by atoms with Crippen molar-refractivity contribution in [1.82, 2.24) is 4.90 Å². The molecule has 2 unspecified atom stereocenters. The van der Waals surface area contributed by atoms with Gasteiger partial charge in [0.25, 0.3) is 0 Å². The van der Waals surface area contributed by atoms with Crippen LogP contribution in [0.5, 0.6) is 0 Å². The van der Waals surface area contributed by atoms with E-state index in [1.54, 1.807) is 0 Å². The highest BCUT2D eigenvalue weighted by Crippen LogP contribution is 2.22. The number of sulfone groups is 1. The van der Waals surface area contributed by atoms with E-state index >= 15 is 0 Å². The molecule has 3 nitrogen and oxygen atoms in total. The second-order valence-corrected chi connectivity index (χ2v) is 8.21. The van der Waals surface area contributed by atoms with Gasteiger partial charge in [-0.15, -0.1) is 0 Å². The standard InChI is InChI=1S/C11H22BrNO2S/c1-3-7-16(14,15)8-6-13-5-4-10(2)11(12)9-13/h10-11H,3-9H2,1-2H3. The molecule has 0 aromatic rings. The van der Waals surface area contributed by atoms with E-state index in [1.165, 1.54) is 0 Å². The fourth-order valence-electron chi connectivity index (χ4n) is 1.97. The zero-order valence-electron chi connectivity index (χ0n) is 10.2. The van der Waals surface area contributed by atoms with Crippen LogP contribution in [0.1, 0.15) is 26.7 Å². The lowest BCUT2D eigenvalue weighted by atomic mass is 9.99. The van der Waals surface area contributed by atoms with Crippen molar-refractivity contribution in [2.75, 3.05) is 31.1 Å². The van der Waals surface area contributed by atoms with Crippen molar-refractivity contribution in [1.29, 1.82) is 0 Å². The first-order chi connectivity index (χ1) is 7.44.